The maximum Gasteiger partial charge on any atom is 0.337 e. The molecule has 0 bridgehead atoms. The second-order valence-electron chi connectivity index (χ2n) is 6.36. The molecule has 0 spiro atoms. The van der Waals surface area contributed by atoms with Gasteiger partial charge in [0.1, 0.15) is 17.2 Å². The molecule has 0 aliphatic rings. The third-order valence-electron chi connectivity index (χ3n) is 3.92. The Bertz CT molecular complexity index is 1130. The molecular weight excluding hydrogens is 425 g/mol. The van der Waals surface area contributed by atoms with E-state index in [9.17, 15) is 19.5 Å². The highest BCUT2D eigenvalue weighted by Gasteiger charge is 2.22. The number of nitrogens with zero attached hydrogens (tertiary/aromatic N) is 2. The van der Waals surface area contributed by atoms with Crippen molar-refractivity contribution in [1.29, 1.82) is 0 Å². The molecule has 1 amide bonds. The molecule has 0 saturated carbocycles. The number of carbonyl (C=O) groups is 2. The van der Waals surface area contributed by atoms with Gasteiger partial charge in [-0.3, -0.25) is 14.2 Å². The van der Waals surface area contributed by atoms with Crippen molar-refractivity contribution in [2.45, 2.75) is 26.3 Å². The average molecular weight is 440 g/mol. The minimum atomic E-state index is -1.22. The van der Waals surface area contributed by atoms with Crippen LogP contribution in [-0.4, -0.2) is 26.5 Å². The minimum Gasteiger partial charge on any atom is -0.478 e. The van der Waals surface area contributed by atoms with E-state index >= 15 is 0 Å². The molecule has 1 aromatic carbocycles. The van der Waals surface area contributed by atoms with Crippen LogP contribution in [0.15, 0.2) is 28.4 Å². The van der Waals surface area contributed by atoms with Crippen LogP contribution in [0.25, 0.3) is 10.2 Å². The van der Waals surface area contributed by atoms with E-state index in [-0.39, 0.29) is 23.4 Å². The molecule has 2 heterocycles. The van der Waals surface area contributed by atoms with Crippen molar-refractivity contribution in [2.24, 2.45) is 0 Å². The fourth-order valence-electron chi connectivity index (χ4n) is 2.76. The van der Waals surface area contributed by atoms with Gasteiger partial charge in [-0.15, -0.1) is 11.3 Å². The highest BCUT2D eigenvalue weighted by molar-refractivity contribution is 7.17. The minimum absolute atomic E-state index is 0.000463. The van der Waals surface area contributed by atoms with Gasteiger partial charge < -0.3 is 10.4 Å². The summed E-state index contributed by atoms with van der Waals surface area (Å²) in [6.45, 7) is 3.35. The van der Waals surface area contributed by atoms with Crippen molar-refractivity contribution in [2.75, 3.05) is 5.32 Å². The van der Waals surface area contributed by atoms with Crippen molar-refractivity contribution < 1.29 is 14.7 Å². The normalized spacial score (nSPS) is 11.2. The molecule has 0 fully saturated rings. The fourth-order valence-corrected chi connectivity index (χ4v) is 4.20. The van der Waals surface area contributed by atoms with Crippen LogP contribution in [0.1, 0.15) is 35.9 Å². The lowest BCUT2D eigenvalue weighted by Crippen LogP contribution is -2.32. The maximum atomic E-state index is 13.0. The molecule has 7 nitrogen and oxygen atoms in total. The predicted molar refractivity (Wildman–Crippen MR) is 110 cm³/mol. The molecule has 0 atom stereocenters. The number of carboxylic acids is 1. The Morgan fingerprint density at radius 2 is 1.89 bits per heavy atom. The van der Waals surface area contributed by atoms with E-state index in [1.54, 1.807) is 0 Å². The second-order valence-corrected chi connectivity index (χ2v) is 8.09. The van der Waals surface area contributed by atoms with Gasteiger partial charge in [0, 0.05) is 27.0 Å². The topological polar surface area (TPSA) is 101 Å². The number of carbonyl (C=O) groups excluding carboxylic acids is 1. The number of benzene rings is 1. The van der Waals surface area contributed by atoms with Crippen LogP contribution < -0.4 is 10.9 Å². The first-order valence-electron chi connectivity index (χ1n) is 8.18. The van der Waals surface area contributed by atoms with Crippen LogP contribution >= 0.6 is 34.5 Å². The molecule has 146 valence electrons. The van der Waals surface area contributed by atoms with Crippen LogP contribution in [0.5, 0.6) is 0 Å². The number of hydrogen-bond acceptors (Lipinski definition) is 5. The van der Waals surface area contributed by atoms with Gasteiger partial charge in [-0.2, -0.15) is 0 Å². The summed E-state index contributed by atoms with van der Waals surface area (Å²) in [6.07, 6.45) is 0. The van der Waals surface area contributed by atoms with E-state index in [4.69, 9.17) is 23.2 Å². The molecule has 0 saturated heterocycles. The molecule has 2 N–H and O–H groups in total. The van der Waals surface area contributed by atoms with Crippen LogP contribution in [0.2, 0.25) is 10.0 Å². The van der Waals surface area contributed by atoms with Crippen molar-refractivity contribution in [3.63, 3.8) is 0 Å². The largest absolute Gasteiger partial charge is 0.478 e. The molecule has 0 aliphatic carbocycles. The Morgan fingerprint density at radius 1 is 1.25 bits per heavy atom. The number of amides is 1. The van der Waals surface area contributed by atoms with E-state index in [2.05, 4.69) is 10.3 Å². The van der Waals surface area contributed by atoms with Crippen molar-refractivity contribution in [3.8, 4) is 0 Å². The third-order valence-corrected chi connectivity index (χ3v) is 5.23. The Hall–Kier alpha value is -2.42. The number of anilines is 1. The summed E-state index contributed by atoms with van der Waals surface area (Å²) in [5, 5.41) is 14.0. The Labute approximate surface area is 173 Å². The predicted octanol–water partition coefficient (Wildman–Crippen LogP) is 4.23. The quantitative estimate of drug-likeness (QED) is 0.619. The van der Waals surface area contributed by atoms with Gasteiger partial charge in [0.05, 0.1) is 10.9 Å². The smallest absolute Gasteiger partial charge is 0.337 e. The Morgan fingerprint density at radius 3 is 2.46 bits per heavy atom. The van der Waals surface area contributed by atoms with Gasteiger partial charge in [0.25, 0.3) is 5.56 Å². The summed E-state index contributed by atoms with van der Waals surface area (Å²) >= 11 is 12.9. The lowest BCUT2D eigenvalue weighted by atomic mass is 10.2. The first kappa shape index (κ1) is 20.3. The summed E-state index contributed by atoms with van der Waals surface area (Å²) in [6, 6.07) is 4.59. The van der Waals surface area contributed by atoms with Gasteiger partial charge in [-0.25, -0.2) is 9.78 Å². The molecule has 3 rings (SSSR count). The van der Waals surface area contributed by atoms with E-state index in [0.29, 0.717) is 26.4 Å². The van der Waals surface area contributed by atoms with Crippen LogP contribution in [0.4, 0.5) is 5.69 Å². The Balaban J connectivity index is 2.03. The lowest BCUT2D eigenvalue weighted by molar-refractivity contribution is -0.116. The summed E-state index contributed by atoms with van der Waals surface area (Å²) in [5.41, 5.74) is -0.298. The molecule has 10 heteroatoms. The lowest BCUT2D eigenvalue weighted by Gasteiger charge is -2.15. The van der Waals surface area contributed by atoms with E-state index in [1.165, 1.54) is 28.1 Å². The monoisotopic (exact) mass is 439 g/mol. The molecule has 0 unspecified atom stereocenters. The van der Waals surface area contributed by atoms with Crippen LogP contribution in [0.3, 0.4) is 0 Å². The first-order chi connectivity index (χ1) is 13.2. The molecular formula is C18H15Cl2N3O4S. The molecule has 0 radical (unpaired) electrons. The number of fused-ring (bicyclic) bond motifs is 1. The van der Waals surface area contributed by atoms with Gasteiger partial charge in [0.15, 0.2) is 0 Å². The third kappa shape index (κ3) is 4.04. The van der Waals surface area contributed by atoms with Gasteiger partial charge in [-0.1, -0.05) is 37.0 Å². The number of aromatic nitrogens is 2. The molecule has 3 aromatic rings. The summed E-state index contributed by atoms with van der Waals surface area (Å²) in [5.74, 6) is -1.46. The highest BCUT2D eigenvalue weighted by Crippen LogP contribution is 2.25. The number of carboxylic acid groups (broad SMARTS) is 1. The SMILES string of the molecule is CC(C)c1nc2scc(C(=O)O)c2c(=O)n1CC(=O)Nc1cc(Cl)cc(Cl)c1. The van der Waals surface area contributed by atoms with Crippen LogP contribution in [0, 0.1) is 0 Å². The maximum absolute atomic E-state index is 13.0. The van der Waals surface area contributed by atoms with Crippen molar-refractivity contribution in [1.82, 2.24) is 9.55 Å². The highest BCUT2D eigenvalue weighted by atomic mass is 35.5. The van der Waals surface area contributed by atoms with Gasteiger partial charge in [0.2, 0.25) is 5.91 Å². The van der Waals surface area contributed by atoms with E-state index in [1.807, 2.05) is 13.8 Å². The zero-order valence-electron chi connectivity index (χ0n) is 14.8. The second kappa shape index (κ2) is 7.90. The number of aromatic carboxylic acids is 1. The zero-order chi connectivity index (χ0) is 20.6. The number of hydrogen-bond donors (Lipinski definition) is 2. The number of rotatable bonds is 5. The molecule has 28 heavy (non-hydrogen) atoms. The Kier molecular flexibility index (Phi) is 5.74. The van der Waals surface area contributed by atoms with E-state index < -0.39 is 17.4 Å². The van der Waals surface area contributed by atoms with Gasteiger partial charge in [-0.05, 0) is 18.2 Å². The first-order valence-corrected chi connectivity index (χ1v) is 9.82. The number of halogens is 2. The average Bonchev–Trinajstić information content (AvgIpc) is 3.00. The van der Waals surface area contributed by atoms with Crippen molar-refractivity contribution in [3.05, 3.63) is 55.4 Å². The van der Waals surface area contributed by atoms with Gasteiger partial charge >= 0.3 is 5.97 Å². The standard InChI is InChI=1S/C18H15Cl2N3O4S/c1-8(2)15-22-16-14(12(7-28-16)18(26)27)17(25)23(15)6-13(24)21-11-4-9(19)3-10(20)5-11/h3-5,7-8H,6H2,1-2H3,(H,21,24)(H,26,27). The molecule has 0 aliphatic heterocycles. The molecule has 2 aromatic heterocycles. The summed E-state index contributed by atoms with van der Waals surface area (Å²) < 4.78 is 1.20. The number of nitrogens with one attached hydrogen (secondary N) is 1. The summed E-state index contributed by atoms with van der Waals surface area (Å²) in [7, 11) is 0. The van der Waals surface area contributed by atoms with Crippen LogP contribution in [-0.2, 0) is 11.3 Å². The fraction of sp³-hybridized carbons (Fsp3) is 0.222. The van der Waals surface area contributed by atoms with Crippen molar-refractivity contribution >= 4 is 62.3 Å². The summed E-state index contributed by atoms with van der Waals surface area (Å²) in [4.78, 5) is 41.7. The number of thiophene rings is 1. The van der Waals surface area contributed by atoms with E-state index in [0.717, 1.165) is 11.3 Å². The zero-order valence-corrected chi connectivity index (χ0v) is 17.2.